The minimum absolute atomic E-state index is 0. The van der Waals surface area contributed by atoms with Gasteiger partial charge in [-0.1, -0.05) is 6.92 Å². The molecule has 0 fully saturated rings. The summed E-state index contributed by atoms with van der Waals surface area (Å²) >= 11 is 0. The predicted octanol–water partition coefficient (Wildman–Crippen LogP) is -1.21. The fourth-order valence-corrected chi connectivity index (χ4v) is 0.167. The molecule has 0 unspecified atom stereocenters. The van der Waals surface area contributed by atoms with E-state index in [9.17, 15) is 0 Å². The first-order chi connectivity index (χ1) is 2.41. The quantitative estimate of drug-likeness (QED) is 0.271. The topological polar surface area (TPSA) is 0 Å². The molecule has 0 saturated heterocycles. The van der Waals surface area contributed by atoms with E-state index in [1.54, 1.807) is 6.08 Å². The standard InChI is InChI=1S/C5H9.Li/c1-3-5-4-2;/h3,5H,1,4H2,2H3;/q-1;+1/b5-3-;. The van der Waals surface area contributed by atoms with Crippen LogP contribution in [0.3, 0.4) is 0 Å². The molecule has 0 aliphatic carbocycles. The van der Waals surface area contributed by atoms with E-state index in [1.165, 1.54) is 0 Å². The molecule has 1 heteroatoms. The van der Waals surface area contributed by atoms with Gasteiger partial charge in [-0.15, -0.1) is 6.42 Å². The molecular weight excluding hydrogens is 67.0 g/mol. The van der Waals surface area contributed by atoms with Gasteiger partial charge in [-0.3, -0.25) is 0 Å². The van der Waals surface area contributed by atoms with E-state index in [0.717, 1.165) is 6.42 Å². The summed E-state index contributed by atoms with van der Waals surface area (Å²) in [4.78, 5) is 0. The monoisotopic (exact) mass is 76.1 g/mol. The van der Waals surface area contributed by atoms with Gasteiger partial charge in [0.25, 0.3) is 0 Å². The van der Waals surface area contributed by atoms with Crippen molar-refractivity contribution in [3.63, 3.8) is 0 Å². The molecule has 0 atom stereocenters. The normalized spacial score (nSPS) is 8.17. The van der Waals surface area contributed by atoms with Crippen LogP contribution in [0.4, 0.5) is 0 Å². The summed E-state index contributed by atoms with van der Waals surface area (Å²) in [6, 6.07) is 0. The van der Waals surface area contributed by atoms with Crippen molar-refractivity contribution >= 4 is 0 Å². The molecule has 0 aromatic heterocycles. The average molecular weight is 76.1 g/mol. The van der Waals surface area contributed by atoms with E-state index in [0.29, 0.717) is 0 Å². The maximum Gasteiger partial charge on any atom is 1.00 e. The minimum atomic E-state index is 0. The maximum atomic E-state index is 3.49. The van der Waals surface area contributed by atoms with Crippen molar-refractivity contribution in [1.82, 2.24) is 0 Å². The predicted molar refractivity (Wildman–Crippen MR) is 24.8 cm³/mol. The van der Waals surface area contributed by atoms with Crippen LogP contribution in [0.2, 0.25) is 0 Å². The van der Waals surface area contributed by atoms with Crippen molar-refractivity contribution in [3.05, 3.63) is 19.1 Å². The summed E-state index contributed by atoms with van der Waals surface area (Å²) < 4.78 is 0. The van der Waals surface area contributed by atoms with Crippen LogP contribution in [0.1, 0.15) is 13.3 Å². The van der Waals surface area contributed by atoms with Crippen LogP contribution in [-0.2, 0) is 0 Å². The molecule has 0 aromatic rings. The van der Waals surface area contributed by atoms with Crippen molar-refractivity contribution in [1.29, 1.82) is 0 Å². The second-order valence-electron chi connectivity index (χ2n) is 0.880. The Morgan fingerprint density at radius 3 is 2.17 bits per heavy atom. The van der Waals surface area contributed by atoms with Gasteiger partial charge in [-0.25, -0.2) is 19.1 Å². The van der Waals surface area contributed by atoms with Gasteiger partial charge in [0.1, 0.15) is 0 Å². The molecule has 0 saturated carbocycles. The van der Waals surface area contributed by atoms with Gasteiger partial charge in [0.05, 0.1) is 0 Å². The number of rotatable bonds is 1. The molecule has 6 heavy (non-hydrogen) atoms. The zero-order valence-corrected chi connectivity index (χ0v) is 4.57. The molecule has 0 aliphatic heterocycles. The second-order valence-corrected chi connectivity index (χ2v) is 0.880. The van der Waals surface area contributed by atoms with Crippen LogP contribution >= 0.6 is 0 Å². The smallest absolute Gasteiger partial charge is 0.245 e. The van der Waals surface area contributed by atoms with Crippen molar-refractivity contribution in [3.8, 4) is 0 Å². The summed E-state index contributed by atoms with van der Waals surface area (Å²) in [5, 5.41) is 0. The van der Waals surface area contributed by atoms with E-state index in [4.69, 9.17) is 0 Å². The molecular formula is C5H9Li. The molecule has 0 heterocycles. The Bertz CT molecular complexity index is 30.9. The molecule has 0 N–H and O–H groups in total. The summed E-state index contributed by atoms with van der Waals surface area (Å²) in [7, 11) is 0. The van der Waals surface area contributed by atoms with E-state index in [-0.39, 0.29) is 18.9 Å². The molecule has 0 aromatic carbocycles. The third-order valence-corrected chi connectivity index (χ3v) is 0.402. The molecule has 0 aliphatic rings. The van der Waals surface area contributed by atoms with E-state index >= 15 is 0 Å². The van der Waals surface area contributed by atoms with Crippen LogP contribution < -0.4 is 18.9 Å². The van der Waals surface area contributed by atoms with E-state index in [2.05, 4.69) is 13.8 Å². The van der Waals surface area contributed by atoms with Crippen molar-refractivity contribution < 1.29 is 18.9 Å². The first kappa shape index (κ1) is 9.51. The largest absolute Gasteiger partial charge is 1.00 e. The van der Waals surface area contributed by atoms with E-state index in [1.807, 2.05) is 6.08 Å². The zero-order valence-electron chi connectivity index (χ0n) is 4.57. The van der Waals surface area contributed by atoms with Gasteiger partial charge in [0.2, 0.25) is 0 Å². The van der Waals surface area contributed by atoms with Crippen LogP contribution in [0.5, 0.6) is 0 Å². The third kappa shape index (κ3) is 8.88. The first-order valence-electron chi connectivity index (χ1n) is 1.86. The van der Waals surface area contributed by atoms with Crippen LogP contribution in [0.25, 0.3) is 0 Å². The summed E-state index contributed by atoms with van der Waals surface area (Å²) in [5.41, 5.74) is 0. The van der Waals surface area contributed by atoms with E-state index < -0.39 is 0 Å². The Kier molecular flexibility index (Phi) is 14.2. The molecule has 0 nitrogen and oxygen atoms in total. The third-order valence-electron chi connectivity index (χ3n) is 0.402. The van der Waals surface area contributed by atoms with Crippen LogP contribution in [-0.4, -0.2) is 0 Å². The molecule has 0 amide bonds. The first-order valence-corrected chi connectivity index (χ1v) is 1.86. The Morgan fingerprint density at radius 1 is 1.67 bits per heavy atom. The van der Waals surface area contributed by atoms with Gasteiger partial charge in [0.15, 0.2) is 0 Å². The number of hydrogen-bond donors (Lipinski definition) is 0. The number of allylic oxidation sites excluding steroid dienone is 2. The van der Waals surface area contributed by atoms with Gasteiger partial charge in [-0.2, -0.15) is 0 Å². The van der Waals surface area contributed by atoms with Crippen LogP contribution in [0, 0.1) is 6.92 Å². The molecule has 0 bridgehead atoms. The Morgan fingerprint density at radius 2 is 2.17 bits per heavy atom. The van der Waals surface area contributed by atoms with Crippen molar-refractivity contribution in [2.24, 2.45) is 0 Å². The zero-order chi connectivity index (χ0) is 4.12. The summed E-state index contributed by atoms with van der Waals surface area (Å²) in [5.74, 6) is 0. The fourth-order valence-electron chi connectivity index (χ4n) is 0.167. The Balaban J connectivity index is 0. The van der Waals surface area contributed by atoms with Gasteiger partial charge in [-0.05, 0) is 0 Å². The Hall–Kier alpha value is 0.207. The second kappa shape index (κ2) is 8.96. The average Bonchev–Trinajstić information content (AvgIpc) is 1.41. The molecule has 0 radical (unpaired) electrons. The molecule has 0 spiro atoms. The summed E-state index contributed by atoms with van der Waals surface area (Å²) in [6.07, 6.45) is 4.92. The van der Waals surface area contributed by atoms with Crippen molar-refractivity contribution in [2.75, 3.05) is 0 Å². The molecule has 0 rings (SSSR count). The fraction of sp³-hybridized carbons (Fsp3) is 0.400. The summed E-state index contributed by atoms with van der Waals surface area (Å²) in [6.45, 7) is 5.58. The maximum absolute atomic E-state index is 3.49. The van der Waals surface area contributed by atoms with Gasteiger partial charge in [0, 0.05) is 0 Å². The van der Waals surface area contributed by atoms with Gasteiger partial charge < -0.3 is 0 Å². The Labute approximate surface area is 51.8 Å². The van der Waals surface area contributed by atoms with Crippen molar-refractivity contribution in [2.45, 2.75) is 13.3 Å². The van der Waals surface area contributed by atoms with Crippen LogP contribution in [0.15, 0.2) is 12.2 Å². The SMILES string of the molecule is [CH2-]/C=C\CC.[Li+]. The number of hydrogen-bond acceptors (Lipinski definition) is 0. The van der Waals surface area contributed by atoms with Gasteiger partial charge >= 0.3 is 18.9 Å². The minimum Gasteiger partial charge on any atom is -0.245 e. The molecule has 30 valence electrons.